The lowest BCUT2D eigenvalue weighted by Gasteiger charge is -2.31. The maximum atomic E-state index is 5.62. The summed E-state index contributed by atoms with van der Waals surface area (Å²) < 4.78 is 7.59. The van der Waals surface area contributed by atoms with Gasteiger partial charge >= 0.3 is 0 Å². The number of rotatable bonds is 6. The van der Waals surface area contributed by atoms with Crippen molar-refractivity contribution in [2.75, 3.05) is 26.3 Å². The molecule has 3 heterocycles. The van der Waals surface area contributed by atoms with Crippen molar-refractivity contribution in [1.82, 2.24) is 25.2 Å². The maximum Gasteiger partial charge on any atom is 0.214 e. The smallest absolute Gasteiger partial charge is 0.214 e. The fraction of sp³-hybridized carbons (Fsp3) is 0.304. The molecule has 2 aromatic heterocycles. The molecule has 0 saturated carbocycles. The molecule has 5 rings (SSSR count). The summed E-state index contributed by atoms with van der Waals surface area (Å²) in [7, 11) is 0. The van der Waals surface area contributed by atoms with E-state index in [9.17, 15) is 0 Å². The SMILES string of the molecule is c1ccc(CCn2nnnc2[C@@H](c2ccc3ncccc3c2)[NH+]2CCOCC2)cc1. The number of nitrogens with one attached hydrogen (secondary N) is 1. The molecule has 2 aromatic carbocycles. The van der Waals surface area contributed by atoms with Crippen LogP contribution in [0.2, 0.25) is 0 Å². The third-order valence-corrected chi connectivity index (χ3v) is 5.78. The highest BCUT2D eigenvalue weighted by molar-refractivity contribution is 5.79. The van der Waals surface area contributed by atoms with Gasteiger partial charge in [0.15, 0.2) is 6.04 Å². The molecule has 1 aliphatic heterocycles. The van der Waals surface area contributed by atoms with E-state index in [1.807, 2.05) is 23.0 Å². The van der Waals surface area contributed by atoms with Crippen LogP contribution in [0.3, 0.4) is 0 Å². The van der Waals surface area contributed by atoms with Crippen LogP contribution in [0.25, 0.3) is 10.9 Å². The number of tetrazole rings is 1. The van der Waals surface area contributed by atoms with Gasteiger partial charge in [-0.1, -0.05) is 42.5 Å². The van der Waals surface area contributed by atoms with Gasteiger partial charge in [-0.3, -0.25) is 4.98 Å². The lowest BCUT2D eigenvalue weighted by molar-refractivity contribution is -0.933. The highest BCUT2D eigenvalue weighted by Gasteiger charge is 2.33. The molecule has 1 aliphatic rings. The lowest BCUT2D eigenvalue weighted by atomic mass is 10.0. The Balaban J connectivity index is 1.50. The van der Waals surface area contributed by atoms with Crippen molar-refractivity contribution in [3.8, 4) is 0 Å². The largest absolute Gasteiger partial charge is 0.370 e. The summed E-state index contributed by atoms with van der Waals surface area (Å²) in [5.74, 6) is 0.908. The zero-order valence-electron chi connectivity index (χ0n) is 16.8. The standard InChI is InChI=1S/C23H24N6O/c1-2-5-18(6-3-1)10-12-29-23(25-26-27-29)22(28-13-15-30-16-14-28)20-8-9-21-19(17-20)7-4-11-24-21/h1-9,11,17,22H,10,12-16H2/p+1/t22-/m1/s1. The molecule has 0 bridgehead atoms. The topological polar surface area (TPSA) is 70.2 Å². The molecule has 152 valence electrons. The number of aryl methyl sites for hydroxylation is 2. The highest BCUT2D eigenvalue weighted by Crippen LogP contribution is 2.22. The molecule has 0 radical (unpaired) electrons. The minimum atomic E-state index is 0.0595. The first-order valence-electron chi connectivity index (χ1n) is 10.5. The molecule has 1 atom stereocenters. The van der Waals surface area contributed by atoms with Gasteiger partial charge in [-0.2, -0.15) is 0 Å². The number of nitrogens with zero attached hydrogens (tertiary/aromatic N) is 5. The van der Waals surface area contributed by atoms with Crippen molar-refractivity contribution < 1.29 is 9.64 Å². The Labute approximate surface area is 175 Å². The van der Waals surface area contributed by atoms with E-state index in [1.54, 1.807) is 0 Å². The Morgan fingerprint density at radius 3 is 2.73 bits per heavy atom. The van der Waals surface area contributed by atoms with Gasteiger partial charge in [0.1, 0.15) is 13.1 Å². The van der Waals surface area contributed by atoms with Gasteiger partial charge in [0.2, 0.25) is 5.82 Å². The summed E-state index contributed by atoms with van der Waals surface area (Å²) in [5, 5.41) is 14.0. The van der Waals surface area contributed by atoms with Crippen LogP contribution in [-0.2, 0) is 17.7 Å². The molecule has 0 amide bonds. The predicted octanol–water partition coefficient (Wildman–Crippen LogP) is 1.47. The number of aromatic nitrogens is 5. The normalized spacial score (nSPS) is 16.0. The average Bonchev–Trinajstić information content (AvgIpc) is 3.27. The molecule has 0 spiro atoms. The van der Waals surface area contributed by atoms with Crippen LogP contribution < -0.4 is 4.90 Å². The number of quaternary nitrogens is 1. The summed E-state index contributed by atoms with van der Waals surface area (Å²) in [5.41, 5.74) is 3.50. The third-order valence-electron chi connectivity index (χ3n) is 5.78. The van der Waals surface area contributed by atoms with Crippen LogP contribution in [0.4, 0.5) is 0 Å². The minimum absolute atomic E-state index is 0.0595. The van der Waals surface area contributed by atoms with Crippen LogP contribution in [0, 0.1) is 0 Å². The predicted molar refractivity (Wildman–Crippen MR) is 113 cm³/mol. The Morgan fingerprint density at radius 2 is 1.87 bits per heavy atom. The number of ether oxygens (including phenoxy) is 1. The summed E-state index contributed by atoms with van der Waals surface area (Å²) in [6.45, 7) is 4.13. The van der Waals surface area contributed by atoms with Crippen molar-refractivity contribution >= 4 is 10.9 Å². The third kappa shape index (κ3) is 3.94. The number of morpholine rings is 1. The van der Waals surface area contributed by atoms with E-state index in [-0.39, 0.29) is 6.04 Å². The van der Waals surface area contributed by atoms with E-state index < -0.39 is 0 Å². The first kappa shape index (κ1) is 18.8. The fourth-order valence-corrected chi connectivity index (χ4v) is 4.22. The van der Waals surface area contributed by atoms with Gasteiger partial charge in [0, 0.05) is 23.7 Å². The van der Waals surface area contributed by atoms with Crippen molar-refractivity contribution in [1.29, 1.82) is 0 Å². The van der Waals surface area contributed by atoms with Crippen molar-refractivity contribution in [3.05, 3.63) is 83.8 Å². The zero-order valence-corrected chi connectivity index (χ0v) is 16.8. The molecular formula is C23H25N6O+. The number of hydrogen-bond donors (Lipinski definition) is 1. The van der Waals surface area contributed by atoms with E-state index >= 15 is 0 Å². The van der Waals surface area contributed by atoms with Gasteiger partial charge < -0.3 is 9.64 Å². The summed E-state index contributed by atoms with van der Waals surface area (Å²) in [6, 6.07) is 21.1. The summed E-state index contributed by atoms with van der Waals surface area (Å²) >= 11 is 0. The van der Waals surface area contributed by atoms with Crippen LogP contribution in [0.15, 0.2) is 66.9 Å². The molecule has 7 nitrogen and oxygen atoms in total. The number of benzene rings is 2. The Kier molecular flexibility index (Phi) is 5.46. The van der Waals surface area contributed by atoms with E-state index in [1.165, 1.54) is 16.0 Å². The van der Waals surface area contributed by atoms with E-state index in [4.69, 9.17) is 4.74 Å². The Morgan fingerprint density at radius 1 is 1.00 bits per heavy atom. The zero-order chi connectivity index (χ0) is 20.2. The van der Waals surface area contributed by atoms with Crippen molar-refractivity contribution in [2.45, 2.75) is 19.0 Å². The highest BCUT2D eigenvalue weighted by atomic mass is 16.5. The van der Waals surface area contributed by atoms with Gasteiger partial charge in [-0.25, -0.2) is 4.68 Å². The molecule has 1 N–H and O–H groups in total. The Hall–Kier alpha value is -3.16. The van der Waals surface area contributed by atoms with E-state index in [0.717, 1.165) is 56.0 Å². The second-order valence-electron chi connectivity index (χ2n) is 7.65. The molecule has 30 heavy (non-hydrogen) atoms. The molecule has 1 saturated heterocycles. The van der Waals surface area contributed by atoms with Gasteiger partial charge in [0.25, 0.3) is 0 Å². The van der Waals surface area contributed by atoms with Crippen LogP contribution >= 0.6 is 0 Å². The molecule has 0 aliphatic carbocycles. The van der Waals surface area contributed by atoms with Gasteiger partial charge in [-0.15, -0.1) is 5.10 Å². The lowest BCUT2D eigenvalue weighted by Crippen LogP contribution is -3.14. The van der Waals surface area contributed by atoms with Crippen LogP contribution in [0.1, 0.15) is 23.0 Å². The number of fused-ring (bicyclic) bond motifs is 1. The first-order valence-corrected chi connectivity index (χ1v) is 10.5. The van der Waals surface area contributed by atoms with Crippen molar-refractivity contribution in [3.63, 3.8) is 0 Å². The maximum absolute atomic E-state index is 5.62. The number of pyridine rings is 1. The Bertz CT molecular complexity index is 1110. The first-order chi connectivity index (χ1) is 14.9. The van der Waals surface area contributed by atoms with Crippen LogP contribution in [0.5, 0.6) is 0 Å². The second kappa shape index (κ2) is 8.69. The van der Waals surface area contributed by atoms with Gasteiger partial charge in [0.05, 0.1) is 18.7 Å². The number of hydrogen-bond acceptors (Lipinski definition) is 5. The summed E-state index contributed by atoms with van der Waals surface area (Å²) in [6.07, 6.45) is 2.72. The molecule has 7 heteroatoms. The van der Waals surface area contributed by atoms with E-state index in [2.05, 4.69) is 69.0 Å². The fourth-order valence-electron chi connectivity index (χ4n) is 4.22. The minimum Gasteiger partial charge on any atom is -0.370 e. The molecule has 0 unspecified atom stereocenters. The molecule has 1 fully saturated rings. The second-order valence-corrected chi connectivity index (χ2v) is 7.65. The quantitative estimate of drug-likeness (QED) is 0.530. The van der Waals surface area contributed by atoms with E-state index in [0.29, 0.717) is 0 Å². The van der Waals surface area contributed by atoms with Crippen molar-refractivity contribution in [2.24, 2.45) is 0 Å². The summed E-state index contributed by atoms with van der Waals surface area (Å²) in [4.78, 5) is 5.90. The monoisotopic (exact) mass is 401 g/mol. The van der Waals surface area contributed by atoms with Gasteiger partial charge in [-0.05, 0) is 40.6 Å². The molecular weight excluding hydrogens is 376 g/mol. The average molecular weight is 401 g/mol. The molecule has 4 aromatic rings. The van der Waals surface area contributed by atoms with Crippen LogP contribution in [-0.4, -0.2) is 51.5 Å².